The van der Waals surface area contributed by atoms with Gasteiger partial charge in [-0.15, -0.1) is 0 Å². The van der Waals surface area contributed by atoms with Crippen LogP contribution in [0.5, 0.6) is 0 Å². The summed E-state index contributed by atoms with van der Waals surface area (Å²) in [5.74, 6) is 1.89. The lowest BCUT2D eigenvalue weighted by molar-refractivity contribution is 0.254. The molecule has 0 aromatic heterocycles. The molecule has 2 saturated heterocycles. The molecule has 2 aliphatic rings. The van der Waals surface area contributed by atoms with Gasteiger partial charge < -0.3 is 4.90 Å². The van der Waals surface area contributed by atoms with E-state index in [-0.39, 0.29) is 0 Å². The number of hydrogen-bond donors (Lipinski definition) is 0. The molecule has 1 heteroatoms. The quantitative estimate of drug-likeness (QED) is 0.558. The summed E-state index contributed by atoms with van der Waals surface area (Å²) in [7, 11) is 2.31. The van der Waals surface area contributed by atoms with Crippen LogP contribution in [-0.2, 0) is 0 Å². The van der Waals surface area contributed by atoms with Crippen LogP contribution in [0.1, 0.15) is 33.1 Å². The van der Waals surface area contributed by atoms with E-state index in [1.54, 1.807) is 0 Å². The van der Waals surface area contributed by atoms with Crippen LogP contribution in [0.15, 0.2) is 0 Å². The van der Waals surface area contributed by atoms with Crippen molar-refractivity contribution in [1.82, 2.24) is 4.90 Å². The van der Waals surface area contributed by atoms with Crippen LogP contribution in [0.2, 0.25) is 0 Å². The Morgan fingerprint density at radius 3 is 2.27 bits per heavy atom. The van der Waals surface area contributed by atoms with E-state index < -0.39 is 0 Å². The average Bonchev–Trinajstić information content (AvgIpc) is 2.46. The summed E-state index contributed by atoms with van der Waals surface area (Å²) in [6, 6.07) is 1.87. The van der Waals surface area contributed by atoms with E-state index >= 15 is 0 Å². The molecule has 3 atom stereocenters. The Labute approximate surface area is 69.8 Å². The highest BCUT2D eigenvalue weighted by Crippen LogP contribution is 2.43. The molecule has 2 rings (SSSR count). The number of nitrogens with zero attached hydrogens (tertiary/aromatic N) is 1. The predicted molar refractivity (Wildman–Crippen MR) is 47.5 cm³/mol. The molecule has 0 aliphatic carbocycles. The molecule has 0 amide bonds. The average molecular weight is 153 g/mol. The summed E-state index contributed by atoms with van der Waals surface area (Å²) < 4.78 is 0. The first kappa shape index (κ1) is 7.60. The van der Waals surface area contributed by atoms with Crippen molar-refractivity contribution in [2.75, 3.05) is 7.05 Å². The van der Waals surface area contributed by atoms with Crippen LogP contribution >= 0.6 is 0 Å². The van der Waals surface area contributed by atoms with Crippen LogP contribution in [0.3, 0.4) is 0 Å². The van der Waals surface area contributed by atoms with Gasteiger partial charge in [-0.25, -0.2) is 0 Å². The van der Waals surface area contributed by atoms with Crippen LogP contribution in [0, 0.1) is 11.8 Å². The molecule has 0 spiro atoms. The van der Waals surface area contributed by atoms with Crippen molar-refractivity contribution in [1.29, 1.82) is 0 Å². The second-order valence-electron chi connectivity index (χ2n) is 4.61. The third-order valence-electron chi connectivity index (χ3n) is 3.79. The topological polar surface area (TPSA) is 3.24 Å². The number of fused-ring (bicyclic) bond motifs is 2. The Kier molecular flexibility index (Phi) is 1.71. The van der Waals surface area contributed by atoms with E-state index in [2.05, 4.69) is 25.8 Å². The maximum absolute atomic E-state index is 2.62. The summed E-state index contributed by atoms with van der Waals surface area (Å²) in [4.78, 5) is 2.62. The van der Waals surface area contributed by atoms with Gasteiger partial charge in [-0.1, -0.05) is 13.8 Å². The van der Waals surface area contributed by atoms with Gasteiger partial charge in [0.25, 0.3) is 0 Å². The number of hydrogen-bond acceptors (Lipinski definition) is 1. The van der Waals surface area contributed by atoms with Gasteiger partial charge in [-0.3, -0.25) is 0 Å². The lowest BCUT2D eigenvalue weighted by Gasteiger charge is -2.24. The minimum atomic E-state index is 0.896. The monoisotopic (exact) mass is 153 g/mol. The molecule has 2 fully saturated rings. The summed E-state index contributed by atoms with van der Waals surface area (Å²) >= 11 is 0. The lowest BCUT2D eigenvalue weighted by Crippen LogP contribution is -2.28. The van der Waals surface area contributed by atoms with E-state index in [9.17, 15) is 0 Å². The molecular weight excluding hydrogens is 134 g/mol. The van der Waals surface area contributed by atoms with Gasteiger partial charge in [0, 0.05) is 12.1 Å². The Bertz CT molecular complexity index is 153. The van der Waals surface area contributed by atoms with Crippen molar-refractivity contribution in [3.63, 3.8) is 0 Å². The minimum absolute atomic E-state index is 0.896. The lowest BCUT2D eigenvalue weighted by atomic mass is 9.82. The second-order valence-corrected chi connectivity index (χ2v) is 4.61. The first-order valence-corrected chi connectivity index (χ1v) is 4.92. The molecule has 1 nitrogen and oxygen atoms in total. The first-order chi connectivity index (χ1) is 5.20. The fourth-order valence-electron chi connectivity index (χ4n) is 3.03. The molecule has 2 heterocycles. The zero-order chi connectivity index (χ0) is 8.01. The fourth-order valence-corrected chi connectivity index (χ4v) is 3.03. The second kappa shape index (κ2) is 2.48. The third-order valence-corrected chi connectivity index (χ3v) is 3.79. The highest BCUT2D eigenvalue weighted by atomic mass is 15.2. The standard InChI is InChI=1S/C10H19N/c1-7(2)9-6-8-4-5-10(9)11(8)3/h7-10H,4-6H2,1-3H3/t8-,9?,10+/m0/s1. The van der Waals surface area contributed by atoms with Gasteiger partial charge in [-0.05, 0) is 38.1 Å². The minimum Gasteiger partial charge on any atom is -0.300 e. The highest BCUT2D eigenvalue weighted by Gasteiger charge is 2.44. The molecule has 0 radical (unpaired) electrons. The Morgan fingerprint density at radius 1 is 1.27 bits per heavy atom. The van der Waals surface area contributed by atoms with Crippen molar-refractivity contribution in [3.05, 3.63) is 0 Å². The van der Waals surface area contributed by atoms with E-state index in [4.69, 9.17) is 0 Å². The smallest absolute Gasteiger partial charge is 0.0127 e. The molecule has 2 bridgehead atoms. The van der Waals surface area contributed by atoms with Gasteiger partial charge >= 0.3 is 0 Å². The molecule has 1 unspecified atom stereocenters. The summed E-state index contributed by atoms with van der Waals surface area (Å²) in [6.45, 7) is 4.75. The van der Waals surface area contributed by atoms with Crippen molar-refractivity contribution in [2.24, 2.45) is 11.8 Å². The maximum Gasteiger partial charge on any atom is 0.0127 e. The highest BCUT2D eigenvalue weighted by molar-refractivity contribution is 4.99. The van der Waals surface area contributed by atoms with Crippen LogP contribution in [-0.4, -0.2) is 24.0 Å². The normalized spacial score (nSPS) is 44.2. The first-order valence-electron chi connectivity index (χ1n) is 4.92. The van der Waals surface area contributed by atoms with Crippen LogP contribution < -0.4 is 0 Å². The van der Waals surface area contributed by atoms with Crippen LogP contribution in [0.25, 0.3) is 0 Å². The Morgan fingerprint density at radius 2 is 2.00 bits per heavy atom. The maximum atomic E-state index is 2.62. The molecule has 0 aromatic carbocycles. The molecule has 0 N–H and O–H groups in total. The molecule has 11 heavy (non-hydrogen) atoms. The van der Waals surface area contributed by atoms with Crippen molar-refractivity contribution in [3.8, 4) is 0 Å². The molecule has 0 saturated carbocycles. The summed E-state index contributed by atoms with van der Waals surface area (Å²) in [5, 5.41) is 0. The third kappa shape index (κ3) is 1.01. The summed E-state index contributed by atoms with van der Waals surface area (Å²) in [5.41, 5.74) is 0. The Balaban J connectivity index is 2.09. The van der Waals surface area contributed by atoms with Gasteiger partial charge in [0.15, 0.2) is 0 Å². The van der Waals surface area contributed by atoms with E-state index in [0.717, 1.165) is 23.9 Å². The number of rotatable bonds is 1. The summed E-state index contributed by atoms with van der Waals surface area (Å²) in [6.07, 6.45) is 4.40. The van der Waals surface area contributed by atoms with Gasteiger partial charge in [0.1, 0.15) is 0 Å². The zero-order valence-corrected chi connectivity index (χ0v) is 7.88. The molecule has 64 valence electrons. The van der Waals surface area contributed by atoms with Crippen LogP contribution in [0.4, 0.5) is 0 Å². The van der Waals surface area contributed by atoms with Crippen molar-refractivity contribution < 1.29 is 0 Å². The van der Waals surface area contributed by atoms with Gasteiger partial charge in [0.05, 0.1) is 0 Å². The molecule has 2 aliphatic heterocycles. The predicted octanol–water partition coefficient (Wildman–Crippen LogP) is 2.13. The zero-order valence-electron chi connectivity index (χ0n) is 7.88. The molecular formula is C10H19N. The largest absolute Gasteiger partial charge is 0.300 e. The Hall–Kier alpha value is -0.0400. The van der Waals surface area contributed by atoms with E-state index in [1.165, 1.54) is 19.3 Å². The van der Waals surface area contributed by atoms with Crippen molar-refractivity contribution in [2.45, 2.75) is 45.2 Å². The van der Waals surface area contributed by atoms with Crippen molar-refractivity contribution >= 4 is 0 Å². The SMILES string of the molecule is CC(C)C1C[C@@H]2CC[C@H]1N2C. The molecule has 0 aromatic rings. The van der Waals surface area contributed by atoms with E-state index in [0.29, 0.717) is 0 Å². The van der Waals surface area contributed by atoms with Gasteiger partial charge in [0.2, 0.25) is 0 Å². The van der Waals surface area contributed by atoms with Gasteiger partial charge in [-0.2, -0.15) is 0 Å². The van der Waals surface area contributed by atoms with E-state index in [1.807, 2.05) is 0 Å². The fraction of sp³-hybridized carbons (Fsp3) is 1.00.